The van der Waals surface area contributed by atoms with E-state index in [1.807, 2.05) is 32.3 Å². The lowest BCUT2D eigenvalue weighted by atomic mass is 9.73. The fraction of sp³-hybridized carbons (Fsp3) is 0.481. The summed E-state index contributed by atoms with van der Waals surface area (Å²) in [4.78, 5) is 23.3. The molecule has 3 aliphatic rings. The van der Waals surface area contributed by atoms with Gasteiger partial charge in [0.1, 0.15) is 16.7 Å². The number of rotatable bonds is 5. The quantitative estimate of drug-likeness (QED) is 0.430. The Morgan fingerprint density at radius 1 is 1.11 bits per heavy atom. The summed E-state index contributed by atoms with van der Waals surface area (Å²) < 4.78 is 0. The molecular weight excluding hydrogens is 520 g/mol. The Hall–Kier alpha value is -2.66. The van der Waals surface area contributed by atoms with Crippen molar-refractivity contribution in [1.29, 1.82) is 0 Å². The molecule has 200 valence electrons. The van der Waals surface area contributed by atoms with Crippen LogP contribution in [0.4, 0.5) is 17.5 Å². The number of halogens is 1. The maximum Gasteiger partial charge on any atom is 0.158 e. The highest BCUT2D eigenvalue weighted by Crippen LogP contribution is 2.51. The molecule has 6 rings (SSSR count). The van der Waals surface area contributed by atoms with E-state index in [1.165, 1.54) is 22.9 Å². The maximum atomic E-state index is 10.2. The van der Waals surface area contributed by atoms with Gasteiger partial charge in [-0.15, -0.1) is 0 Å². The third-order valence-corrected chi connectivity index (χ3v) is 10.1. The molecule has 0 saturated carbocycles. The van der Waals surface area contributed by atoms with Crippen LogP contribution in [0.2, 0.25) is 5.02 Å². The molecule has 2 aliphatic heterocycles. The smallest absolute Gasteiger partial charge is 0.158 e. The standard InChI is InChI=1S/C27H33ClN8OS/c1-26(2,37)17-14-36(15-17)24-21(28)19(4-8-32-24)38-25-23(30)34-20(13-33-25)35-9-5-27(6-10-35)11-16-12-31-7-3-18(16)22(27)29/h3-4,7-8,12-13,17,22,37H,5-6,9-11,14-15,29H2,1-2H3,(H2,30,34)/t22-/m1/s1. The number of nitrogens with two attached hydrogens (primary N) is 2. The molecule has 0 aromatic carbocycles. The molecule has 11 heteroatoms. The molecule has 2 saturated heterocycles. The van der Waals surface area contributed by atoms with Crippen molar-refractivity contribution in [2.75, 3.05) is 41.7 Å². The van der Waals surface area contributed by atoms with Crippen LogP contribution in [0.5, 0.6) is 0 Å². The maximum absolute atomic E-state index is 10.2. The minimum absolute atomic E-state index is 0.0462. The summed E-state index contributed by atoms with van der Waals surface area (Å²) in [5, 5.41) is 11.4. The lowest BCUT2D eigenvalue weighted by Crippen LogP contribution is -2.56. The Labute approximate surface area is 232 Å². The van der Waals surface area contributed by atoms with Crippen molar-refractivity contribution in [3.05, 3.63) is 53.1 Å². The van der Waals surface area contributed by atoms with Crippen molar-refractivity contribution in [1.82, 2.24) is 19.9 Å². The molecule has 3 aromatic heterocycles. The second kappa shape index (κ2) is 9.51. The molecule has 0 radical (unpaired) electrons. The second-order valence-electron chi connectivity index (χ2n) is 11.3. The van der Waals surface area contributed by atoms with Crippen molar-refractivity contribution in [3.8, 4) is 0 Å². The van der Waals surface area contributed by atoms with Gasteiger partial charge in [-0.05, 0) is 61.8 Å². The van der Waals surface area contributed by atoms with E-state index in [0.29, 0.717) is 34.8 Å². The SMILES string of the molecule is CC(C)(O)C1CN(c2nccc(Sc3ncc(N4CCC5(CC4)Cc4cnccc4[C@H]5N)nc3N)c2Cl)C1. The molecule has 2 fully saturated rings. The number of pyridine rings is 2. The average Bonchev–Trinajstić information content (AvgIpc) is 3.12. The summed E-state index contributed by atoms with van der Waals surface area (Å²) in [5.74, 6) is 2.06. The van der Waals surface area contributed by atoms with E-state index in [0.717, 1.165) is 43.1 Å². The van der Waals surface area contributed by atoms with Crippen molar-refractivity contribution in [2.45, 2.75) is 54.7 Å². The molecule has 9 nitrogen and oxygen atoms in total. The predicted molar refractivity (Wildman–Crippen MR) is 151 cm³/mol. The zero-order valence-corrected chi connectivity index (χ0v) is 23.2. The molecule has 0 unspecified atom stereocenters. The van der Waals surface area contributed by atoms with Crippen LogP contribution >= 0.6 is 23.4 Å². The van der Waals surface area contributed by atoms with Gasteiger partial charge in [0.25, 0.3) is 0 Å². The number of nitrogen functional groups attached to an aromatic ring is 1. The van der Waals surface area contributed by atoms with Gasteiger partial charge in [-0.3, -0.25) is 4.98 Å². The summed E-state index contributed by atoms with van der Waals surface area (Å²) in [5.41, 5.74) is 15.0. The molecule has 0 bridgehead atoms. The van der Waals surface area contributed by atoms with Gasteiger partial charge in [0, 0.05) is 61.6 Å². The van der Waals surface area contributed by atoms with Crippen LogP contribution in [0.25, 0.3) is 0 Å². The first-order chi connectivity index (χ1) is 18.1. The minimum atomic E-state index is -0.721. The first-order valence-electron chi connectivity index (χ1n) is 13.0. The van der Waals surface area contributed by atoms with Gasteiger partial charge in [0.2, 0.25) is 0 Å². The molecular formula is C27H33ClN8OS. The Bertz CT molecular complexity index is 1350. The summed E-state index contributed by atoms with van der Waals surface area (Å²) in [6, 6.07) is 3.98. The van der Waals surface area contributed by atoms with E-state index in [9.17, 15) is 5.11 Å². The van der Waals surface area contributed by atoms with Crippen LogP contribution in [0, 0.1) is 11.3 Å². The van der Waals surface area contributed by atoms with Crippen molar-refractivity contribution in [3.63, 3.8) is 0 Å². The summed E-state index contributed by atoms with van der Waals surface area (Å²) >= 11 is 8.13. The molecule has 1 atom stereocenters. The van der Waals surface area contributed by atoms with E-state index in [-0.39, 0.29) is 17.4 Å². The number of anilines is 3. The van der Waals surface area contributed by atoms with Crippen LogP contribution in [0.1, 0.15) is 43.9 Å². The van der Waals surface area contributed by atoms with Gasteiger partial charge < -0.3 is 26.4 Å². The fourth-order valence-corrected chi connectivity index (χ4v) is 7.03. The molecule has 1 aliphatic carbocycles. The summed E-state index contributed by atoms with van der Waals surface area (Å²) in [7, 11) is 0. The van der Waals surface area contributed by atoms with Gasteiger partial charge in [-0.1, -0.05) is 23.4 Å². The number of nitrogens with zero attached hydrogens (tertiary/aromatic N) is 6. The monoisotopic (exact) mass is 552 g/mol. The second-order valence-corrected chi connectivity index (χ2v) is 12.7. The van der Waals surface area contributed by atoms with Gasteiger partial charge in [-0.2, -0.15) is 0 Å². The number of hydrogen-bond donors (Lipinski definition) is 3. The number of aromatic nitrogens is 4. The van der Waals surface area contributed by atoms with Gasteiger partial charge >= 0.3 is 0 Å². The van der Waals surface area contributed by atoms with Crippen molar-refractivity contribution < 1.29 is 5.11 Å². The lowest BCUT2D eigenvalue weighted by Gasteiger charge is -2.46. The highest BCUT2D eigenvalue weighted by molar-refractivity contribution is 7.99. The first-order valence-corrected chi connectivity index (χ1v) is 14.2. The molecule has 5 heterocycles. The molecule has 0 amide bonds. The molecule has 3 aromatic rings. The average molecular weight is 553 g/mol. The number of aliphatic hydroxyl groups is 1. The highest BCUT2D eigenvalue weighted by atomic mass is 35.5. The summed E-state index contributed by atoms with van der Waals surface area (Å²) in [6.07, 6.45) is 10.3. The topological polar surface area (TPSA) is 130 Å². The highest BCUT2D eigenvalue weighted by Gasteiger charge is 2.46. The van der Waals surface area contributed by atoms with E-state index in [2.05, 4.69) is 30.8 Å². The Morgan fingerprint density at radius 3 is 2.55 bits per heavy atom. The third-order valence-electron chi connectivity index (χ3n) is 8.54. The van der Waals surface area contributed by atoms with Crippen LogP contribution in [-0.2, 0) is 6.42 Å². The van der Waals surface area contributed by atoms with Gasteiger partial charge in [-0.25, -0.2) is 15.0 Å². The van der Waals surface area contributed by atoms with Gasteiger partial charge in [0.05, 0.1) is 16.8 Å². The zero-order chi connectivity index (χ0) is 26.7. The number of piperidine rings is 1. The van der Waals surface area contributed by atoms with Crippen LogP contribution in [0.3, 0.4) is 0 Å². The van der Waals surface area contributed by atoms with Crippen molar-refractivity contribution in [2.24, 2.45) is 17.1 Å². The Balaban J connectivity index is 1.12. The van der Waals surface area contributed by atoms with Crippen LogP contribution in [-0.4, -0.2) is 56.8 Å². The number of hydrogen-bond acceptors (Lipinski definition) is 10. The molecule has 1 spiro atoms. The molecule has 5 N–H and O–H groups in total. The van der Waals surface area contributed by atoms with E-state index in [1.54, 1.807) is 12.4 Å². The molecule has 38 heavy (non-hydrogen) atoms. The summed E-state index contributed by atoms with van der Waals surface area (Å²) in [6.45, 7) is 6.82. The van der Waals surface area contributed by atoms with Gasteiger partial charge in [0.15, 0.2) is 5.82 Å². The van der Waals surface area contributed by atoms with E-state index < -0.39 is 5.60 Å². The van der Waals surface area contributed by atoms with Crippen molar-refractivity contribution >= 4 is 40.8 Å². The van der Waals surface area contributed by atoms with Crippen LogP contribution < -0.4 is 21.3 Å². The Kier molecular flexibility index (Phi) is 6.41. The zero-order valence-electron chi connectivity index (χ0n) is 21.6. The van der Waals surface area contributed by atoms with E-state index in [4.69, 9.17) is 28.1 Å². The normalized spacial score (nSPS) is 21.0. The minimum Gasteiger partial charge on any atom is -0.390 e. The largest absolute Gasteiger partial charge is 0.390 e. The number of fused-ring (bicyclic) bond motifs is 1. The third kappa shape index (κ3) is 4.47. The first kappa shape index (κ1) is 25.6. The fourth-order valence-electron chi connectivity index (χ4n) is 5.91. The predicted octanol–water partition coefficient (Wildman–Crippen LogP) is 3.70. The van der Waals surface area contributed by atoms with Crippen LogP contribution in [0.15, 0.2) is 46.8 Å². The Morgan fingerprint density at radius 2 is 1.87 bits per heavy atom. The lowest BCUT2D eigenvalue weighted by molar-refractivity contribution is 0.00438. The van der Waals surface area contributed by atoms with E-state index >= 15 is 0 Å².